The number of aliphatic hydroxyl groups excluding tert-OH is 1. The van der Waals surface area contributed by atoms with Gasteiger partial charge in [-0.2, -0.15) is 0 Å². The molecule has 0 amide bonds. The van der Waals surface area contributed by atoms with Crippen LogP contribution in [0.2, 0.25) is 0 Å². The molecule has 1 fully saturated rings. The zero-order valence-electron chi connectivity index (χ0n) is 8.03. The molecule has 1 rings (SSSR count). The number of rotatable bonds is 3. The fourth-order valence-corrected chi connectivity index (χ4v) is 1.57. The van der Waals surface area contributed by atoms with Gasteiger partial charge in [-0.05, 0) is 19.8 Å². The van der Waals surface area contributed by atoms with Crippen molar-refractivity contribution in [2.45, 2.75) is 32.0 Å². The van der Waals surface area contributed by atoms with Gasteiger partial charge in [-0.25, -0.2) is 0 Å². The number of esters is 1. The second-order valence-corrected chi connectivity index (χ2v) is 3.37. The standard InChI is InChI=1S/C9H16O4/c1-6(9(11)12-2)8-4-3-7(5-10)13-8/h6-8,10H,3-5H2,1-2H3/t6-,7+,8-/m1/s1. The molecule has 1 heterocycles. The number of carbonyl (C=O) groups excluding carboxylic acids is 1. The van der Waals surface area contributed by atoms with Gasteiger partial charge >= 0.3 is 5.97 Å². The minimum atomic E-state index is -0.247. The van der Waals surface area contributed by atoms with Gasteiger partial charge in [-0.15, -0.1) is 0 Å². The van der Waals surface area contributed by atoms with Crippen LogP contribution >= 0.6 is 0 Å². The number of methoxy groups -OCH3 is 1. The van der Waals surface area contributed by atoms with E-state index in [0.717, 1.165) is 12.8 Å². The van der Waals surface area contributed by atoms with Gasteiger partial charge < -0.3 is 14.6 Å². The maximum Gasteiger partial charge on any atom is 0.311 e. The van der Waals surface area contributed by atoms with Crippen LogP contribution in [-0.4, -0.2) is 37.0 Å². The summed E-state index contributed by atoms with van der Waals surface area (Å²) in [6.45, 7) is 1.82. The van der Waals surface area contributed by atoms with E-state index in [0.29, 0.717) is 0 Å². The lowest BCUT2D eigenvalue weighted by Crippen LogP contribution is -2.27. The SMILES string of the molecule is COC(=O)[C@H](C)[C@H]1CC[C@@H](CO)O1. The zero-order valence-corrected chi connectivity index (χ0v) is 8.03. The molecule has 76 valence electrons. The quantitative estimate of drug-likeness (QED) is 0.649. The molecule has 0 aromatic carbocycles. The third-order valence-electron chi connectivity index (χ3n) is 2.47. The predicted octanol–water partition coefficient (Wildman–Crippen LogP) is 0.335. The molecule has 0 aromatic rings. The molecule has 13 heavy (non-hydrogen) atoms. The molecule has 3 atom stereocenters. The van der Waals surface area contributed by atoms with E-state index in [9.17, 15) is 4.79 Å². The highest BCUT2D eigenvalue weighted by Crippen LogP contribution is 2.25. The molecule has 0 aliphatic carbocycles. The lowest BCUT2D eigenvalue weighted by Gasteiger charge is -2.17. The van der Waals surface area contributed by atoms with E-state index in [1.165, 1.54) is 7.11 Å². The summed E-state index contributed by atoms with van der Waals surface area (Å²) >= 11 is 0. The van der Waals surface area contributed by atoms with Crippen LogP contribution < -0.4 is 0 Å². The Kier molecular flexibility index (Phi) is 3.69. The van der Waals surface area contributed by atoms with Crippen LogP contribution in [0.1, 0.15) is 19.8 Å². The summed E-state index contributed by atoms with van der Waals surface area (Å²) in [7, 11) is 1.37. The maximum atomic E-state index is 11.1. The third kappa shape index (κ3) is 2.42. The Morgan fingerprint density at radius 2 is 2.38 bits per heavy atom. The van der Waals surface area contributed by atoms with Crippen LogP contribution in [0.5, 0.6) is 0 Å². The third-order valence-corrected chi connectivity index (χ3v) is 2.47. The summed E-state index contributed by atoms with van der Waals surface area (Å²) in [5.74, 6) is -0.481. The van der Waals surface area contributed by atoms with Gasteiger partial charge in [0.25, 0.3) is 0 Å². The predicted molar refractivity (Wildman–Crippen MR) is 46.2 cm³/mol. The Balaban J connectivity index is 2.41. The van der Waals surface area contributed by atoms with Crippen LogP contribution in [0.3, 0.4) is 0 Å². The molecule has 4 nitrogen and oxygen atoms in total. The number of hydrogen-bond acceptors (Lipinski definition) is 4. The molecule has 0 bridgehead atoms. The second kappa shape index (κ2) is 4.58. The smallest absolute Gasteiger partial charge is 0.311 e. The van der Waals surface area contributed by atoms with Crippen LogP contribution in [-0.2, 0) is 14.3 Å². The van der Waals surface area contributed by atoms with E-state index in [1.54, 1.807) is 6.92 Å². The Morgan fingerprint density at radius 1 is 1.69 bits per heavy atom. The Labute approximate surface area is 77.8 Å². The van der Waals surface area contributed by atoms with E-state index in [1.807, 2.05) is 0 Å². The summed E-state index contributed by atoms with van der Waals surface area (Å²) in [4.78, 5) is 11.1. The van der Waals surface area contributed by atoms with Gasteiger partial charge in [0.2, 0.25) is 0 Å². The minimum Gasteiger partial charge on any atom is -0.469 e. The highest BCUT2D eigenvalue weighted by Gasteiger charge is 2.32. The monoisotopic (exact) mass is 188 g/mol. The Morgan fingerprint density at radius 3 is 2.85 bits per heavy atom. The highest BCUT2D eigenvalue weighted by molar-refractivity contribution is 5.72. The normalized spacial score (nSPS) is 30.1. The lowest BCUT2D eigenvalue weighted by atomic mass is 10.0. The van der Waals surface area contributed by atoms with E-state index in [-0.39, 0.29) is 30.7 Å². The van der Waals surface area contributed by atoms with Crippen molar-refractivity contribution in [1.82, 2.24) is 0 Å². The van der Waals surface area contributed by atoms with Crippen LogP contribution in [0.4, 0.5) is 0 Å². The van der Waals surface area contributed by atoms with Crippen molar-refractivity contribution in [3.63, 3.8) is 0 Å². The van der Waals surface area contributed by atoms with Gasteiger partial charge in [0.05, 0.1) is 31.8 Å². The first-order valence-electron chi connectivity index (χ1n) is 4.53. The van der Waals surface area contributed by atoms with Gasteiger partial charge in [-0.3, -0.25) is 4.79 Å². The minimum absolute atomic E-state index is 0.0321. The number of hydrogen-bond donors (Lipinski definition) is 1. The molecule has 1 aliphatic heterocycles. The molecular formula is C9H16O4. The molecule has 0 spiro atoms. The molecule has 0 radical (unpaired) electrons. The first-order valence-corrected chi connectivity index (χ1v) is 4.53. The van der Waals surface area contributed by atoms with Crippen molar-refractivity contribution in [3.05, 3.63) is 0 Å². The molecule has 0 unspecified atom stereocenters. The van der Waals surface area contributed by atoms with E-state index >= 15 is 0 Å². The summed E-state index contributed by atoms with van der Waals surface area (Å²) in [5, 5.41) is 8.82. The number of ether oxygens (including phenoxy) is 2. The molecule has 4 heteroatoms. The molecule has 1 N–H and O–H groups in total. The maximum absolute atomic E-state index is 11.1. The summed E-state index contributed by atoms with van der Waals surface area (Å²) in [5.41, 5.74) is 0. The van der Waals surface area contributed by atoms with Crippen molar-refractivity contribution in [3.8, 4) is 0 Å². The van der Waals surface area contributed by atoms with E-state index in [4.69, 9.17) is 9.84 Å². The average molecular weight is 188 g/mol. The average Bonchev–Trinajstić information content (AvgIpc) is 2.63. The molecule has 0 aromatic heterocycles. The molecular weight excluding hydrogens is 172 g/mol. The van der Waals surface area contributed by atoms with Crippen LogP contribution in [0.15, 0.2) is 0 Å². The fraction of sp³-hybridized carbons (Fsp3) is 0.889. The lowest BCUT2D eigenvalue weighted by molar-refractivity contribution is -0.150. The molecule has 1 saturated heterocycles. The topological polar surface area (TPSA) is 55.8 Å². The first kappa shape index (κ1) is 10.5. The highest BCUT2D eigenvalue weighted by atomic mass is 16.5. The Hall–Kier alpha value is -0.610. The summed E-state index contributed by atoms with van der Waals surface area (Å²) in [6, 6.07) is 0. The Bertz CT molecular complexity index is 180. The number of aliphatic hydroxyl groups is 1. The zero-order chi connectivity index (χ0) is 9.84. The van der Waals surface area contributed by atoms with Gasteiger partial charge in [0.1, 0.15) is 0 Å². The fourth-order valence-electron chi connectivity index (χ4n) is 1.57. The van der Waals surface area contributed by atoms with Crippen molar-refractivity contribution in [2.75, 3.05) is 13.7 Å². The molecule has 0 saturated carbocycles. The van der Waals surface area contributed by atoms with Gasteiger partial charge in [0.15, 0.2) is 0 Å². The van der Waals surface area contributed by atoms with Crippen molar-refractivity contribution >= 4 is 5.97 Å². The van der Waals surface area contributed by atoms with Crippen LogP contribution in [0, 0.1) is 5.92 Å². The summed E-state index contributed by atoms with van der Waals surface area (Å²) < 4.78 is 10.1. The largest absolute Gasteiger partial charge is 0.469 e. The van der Waals surface area contributed by atoms with E-state index in [2.05, 4.69) is 4.74 Å². The second-order valence-electron chi connectivity index (χ2n) is 3.37. The van der Waals surface area contributed by atoms with Crippen molar-refractivity contribution < 1.29 is 19.4 Å². The summed E-state index contributed by atoms with van der Waals surface area (Å²) in [6.07, 6.45) is 1.45. The molecule has 1 aliphatic rings. The number of carbonyl (C=O) groups is 1. The van der Waals surface area contributed by atoms with Crippen molar-refractivity contribution in [2.24, 2.45) is 5.92 Å². The van der Waals surface area contributed by atoms with Crippen LogP contribution in [0.25, 0.3) is 0 Å². The van der Waals surface area contributed by atoms with Crippen molar-refractivity contribution in [1.29, 1.82) is 0 Å². The van der Waals surface area contributed by atoms with Gasteiger partial charge in [0, 0.05) is 0 Å². The van der Waals surface area contributed by atoms with E-state index < -0.39 is 0 Å². The van der Waals surface area contributed by atoms with Gasteiger partial charge in [-0.1, -0.05) is 0 Å². The first-order chi connectivity index (χ1) is 6.19.